The molecule has 2 aromatic heterocycles. The molecule has 1 N–H and O–H groups in total. The van der Waals surface area contributed by atoms with E-state index in [4.69, 9.17) is 9.41 Å². The number of piperazine rings is 1. The Morgan fingerprint density at radius 3 is 2.69 bits per heavy atom. The second kappa shape index (κ2) is 8.55. The molecule has 0 spiro atoms. The van der Waals surface area contributed by atoms with Crippen LogP contribution in [0.5, 0.6) is 0 Å². The van der Waals surface area contributed by atoms with Crippen molar-refractivity contribution in [3.63, 3.8) is 0 Å². The molecular formula is C18H26N6O2. The lowest BCUT2D eigenvalue weighted by Gasteiger charge is -2.36. The van der Waals surface area contributed by atoms with Gasteiger partial charge < -0.3 is 19.5 Å². The number of furan rings is 1. The van der Waals surface area contributed by atoms with Crippen LogP contribution in [0.4, 0.5) is 0 Å². The van der Waals surface area contributed by atoms with Gasteiger partial charge in [-0.05, 0) is 31.0 Å². The fraction of sp³-hybridized carbons (Fsp3) is 0.500. The van der Waals surface area contributed by atoms with E-state index < -0.39 is 0 Å². The second-order valence-corrected chi connectivity index (χ2v) is 6.26. The van der Waals surface area contributed by atoms with Crippen LogP contribution in [0.1, 0.15) is 23.0 Å². The van der Waals surface area contributed by atoms with Crippen LogP contribution in [-0.4, -0.2) is 70.7 Å². The van der Waals surface area contributed by atoms with E-state index in [0.717, 1.165) is 32.0 Å². The summed E-state index contributed by atoms with van der Waals surface area (Å²) in [5.41, 5.74) is 1.18. The zero-order valence-electron chi connectivity index (χ0n) is 15.4. The van der Waals surface area contributed by atoms with Gasteiger partial charge >= 0.3 is 0 Å². The molecule has 0 atom stereocenters. The van der Waals surface area contributed by atoms with E-state index in [9.17, 15) is 4.79 Å². The van der Waals surface area contributed by atoms with Gasteiger partial charge in [-0.3, -0.25) is 14.5 Å². The van der Waals surface area contributed by atoms with Crippen LogP contribution in [0.15, 0.2) is 40.2 Å². The minimum Gasteiger partial charge on any atom is -0.459 e. The molecule has 0 bridgehead atoms. The number of nitrogens with one attached hydrogen (secondary N) is 1. The first-order chi connectivity index (χ1) is 12.7. The summed E-state index contributed by atoms with van der Waals surface area (Å²) in [5.74, 6) is 1.25. The van der Waals surface area contributed by atoms with Crippen LogP contribution >= 0.6 is 0 Å². The summed E-state index contributed by atoms with van der Waals surface area (Å²) >= 11 is 0. The van der Waals surface area contributed by atoms with Gasteiger partial charge in [-0.1, -0.05) is 0 Å². The van der Waals surface area contributed by atoms with Crippen molar-refractivity contribution >= 4 is 11.9 Å². The average molecular weight is 358 g/mol. The molecule has 3 heterocycles. The van der Waals surface area contributed by atoms with Gasteiger partial charge in [0.1, 0.15) is 0 Å². The molecule has 26 heavy (non-hydrogen) atoms. The van der Waals surface area contributed by atoms with Gasteiger partial charge in [0.05, 0.1) is 12.5 Å². The Bertz CT molecular complexity index is 729. The Labute approximate surface area is 153 Å². The number of guanidine groups is 1. The van der Waals surface area contributed by atoms with Gasteiger partial charge in [0, 0.05) is 52.5 Å². The minimum atomic E-state index is -0.0480. The average Bonchev–Trinajstić information content (AvgIpc) is 3.32. The molecule has 3 rings (SSSR count). The third-order valence-electron chi connectivity index (χ3n) is 4.35. The summed E-state index contributed by atoms with van der Waals surface area (Å²) in [4.78, 5) is 21.1. The van der Waals surface area contributed by atoms with Crippen LogP contribution in [0.25, 0.3) is 0 Å². The molecule has 0 aliphatic carbocycles. The summed E-state index contributed by atoms with van der Waals surface area (Å²) in [6, 6.07) is 3.44. The van der Waals surface area contributed by atoms with Crippen LogP contribution in [-0.2, 0) is 13.5 Å². The SMILES string of the molecule is CCNC(=NCCc1cnn(C)c1)N1CCN(C(=O)c2ccco2)CC1. The highest BCUT2D eigenvalue weighted by molar-refractivity contribution is 5.91. The maximum absolute atomic E-state index is 12.4. The fourth-order valence-corrected chi connectivity index (χ4v) is 3.00. The molecule has 8 heteroatoms. The molecule has 140 valence electrons. The van der Waals surface area contributed by atoms with E-state index in [0.29, 0.717) is 25.4 Å². The molecular weight excluding hydrogens is 332 g/mol. The Kier molecular flexibility index (Phi) is 5.93. The highest BCUT2D eigenvalue weighted by Crippen LogP contribution is 2.09. The van der Waals surface area contributed by atoms with Crippen molar-refractivity contribution in [2.45, 2.75) is 13.3 Å². The quantitative estimate of drug-likeness (QED) is 0.637. The topological polar surface area (TPSA) is 78.9 Å². The highest BCUT2D eigenvalue weighted by Gasteiger charge is 2.25. The zero-order chi connectivity index (χ0) is 18.4. The maximum Gasteiger partial charge on any atom is 0.289 e. The van der Waals surface area contributed by atoms with Crippen molar-refractivity contribution in [3.05, 3.63) is 42.1 Å². The molecule has 0 radical (unpaired) electrons. The summed E-state index contributed by atoms with van der Waals surface area (Å²) in [7, 11) is 1.92. The Morgan fingerprint density at radius 2 is 2.08 bits per heavy atom. The molecule has 1 aliphatic rings. The number of hydrogen-bond donors (Lipinski definition) is 1. The van der Waals surface area contributed by atoms with Crippen molar-refractivity contribution < 1.29 is 9.21 Å². The zero-order valence-corrected chi connectivity index (χ0v) is 15.4. The monoisotopic (exact) mass is 358 g/mol. The third-order valence-corrected chi connectivity index (χ3v) is 4.35. The number of amides is 1. The number of hydrogen-bond acceptors (Lipinski definition) is 4. The maximum atomic E-state index is 12.4. The van der Waals surface area contributed by atoms with E-state index in [1.54, 1.807) is 16.8 Å². The van der Waals surface area contributed by atoms with Crippen molar-refractivity contribution in [2.75, 3.05) is 39.3 Å². The molecule has 1 fully saturated rings. The molecule has 1 saturated heterocycles. The Balaban J connectivity index is 1.54. The Hall–Kier alpha value is -2.77. The highest BCUT2D eigenvalue weighted by atomic mass is 16.3. The van der Waals surface area contributed by atoms with Crippen LogP contribution in [0, 0.1) is 0 Å². The lowest BCUT2D eigenvalue weighted by molar-refractivity contribution is 0.0657. The van der Waals surface area contributed by atoms with Gasteiger partial charge in [-0.25, -0.2) is 0 Å². The number of carbonyl (C=O) groups is 1. The molecule has 2 aromatic rings. The molecule has 8 nitrogen and oxygen atoms in total. The predicted octanol–water partition coefficient (Wildman–Crippen LogP) is 0.979. The van der Waals surface area contributed by atoms with Crippen molar-refractivity contribution in [3.8, 4) is 0 Å². The number of aromatic nitrogens is 2. The van der Waals surface area contributed by atoms with Crippen LogP contribution in [0.3, 0.4) is 0 Å². The van der Waals surface area contributed by atoms with E-state index in [2.05, 4.69) is 22.2 Å². The van der Waals surface area contributed by atoms with Gasteiger partial charge in [0.2, 0.25) is 0 Å². The van der Waals surface area contributed by atoms with Crippen molar-refractivity contribution in [2.24, 2.45) is 12.0 Å². The number of aliphatic imine (C=N–C) groups is 1. The van der Waals surface area contributed by atoms with Gasteiger partial charge in [0.25, 0.3) is 5.91 Å². The standard InChI is InChI=1S/C18H26N6O2/c1-3-19-18(20-7-6-15-13-21-22(2)14-15)24-10-8-23(9-11-24)17(25)16-5-4-12-26-16/h4-5,12-14H,3,6-11H2,1-2H3,(H,19,20). The van der Waals surface area contributed by atoms with Crippen molar-refractivity contribution in [1.29, 1.82) is 0 Å². The summed E-state index contributed by atoms with van der Waals surface area (Å²) in [5, 5.41) is 7.53. The van der Waals surface area contributed by atoms with Crippen LogP contribution < -0.4 is 5.32 Å². The van der Waals surface area contributed by atoms with E-state index in [-0.39, 0.29) is 5.91 Å². The first-order valence-corrected chi connectivity index (χ1v) is 9.01. The number of rotatable bonds is 5. The lowest BCUT2D eigenvalue weighted by atomic mass is 10.2. The number of carbonyl (C=O) groups excluding carboxylic acids is 1. The number of nitrogens with zero attached hydrogens (tertiary/aromatic N) is 5. The second-order valence-electron chi connectivity index (χ2n) is 6.26. The normalized spacial score (nSPS) is 15.4. The summed E-state index contributed by atoms with van der Waals surface area (Å²) in [6.45, 7) is 6.42. The largest absolute Gasteiger partial charge is 0.459 e. The first-order valence-electron chi connectivity index (χ1n) is 9.01. The Morgan fingerprint density at radius 1 is 1.31 bits per heavy atom. The number of aryl methyl sites for hydroxylation is 1. The smallest absolute Gasteiger partial charge is 0.289 e. The molecule has 0 aromatic carbocycles. The van der Waals surface area contributed by atoms with Crippen molar-refractivity contribution in [1.82, 2.24) is 24.9 Å². The molecule has 0 saturated carbocycles. The van der Waals surface area contributed by atoms with E-state index in [1.165, 1.54) is 11.8 Å². The van der Waals surface area contributed by atoms with Gasteiger partial charge in [-0.2, -0.15) is 5.10 Å². The third kappa shape index (κ3) is 4.44. The summed E-state index contributed by atoms with van der Waals surface area (Å²) < 4.78 is 7.02. The van der Waals surface area contributed by atoms with E-state index in [1.807, 2.05) is 24.3 Å². The fourth-order valence-electron chi connectivity index (χ4n) is 3.00. The first kappa shape index (κ1) is 18.0. The van der Waals surface area contributed by atoms with Gasteiger partial charge in [-0.15, -0.1) is 0 Å². The minimum absolute atomic E-state index is 0.0480. The summed E-state index contributed by atoms with van der Waals surface area (Å²) in [6.07, 6.45) is 6.28. The lowest BCUT2D eigenvalue weighted by Crippen LogP contribution is -2.53. The molecule has 1 amide bonds. The predicted molar refractivity (Wildman–Crippen MR) is 99.1 cm³/mol. The molecule has 0 unspecified atom stereocenters. The van der Waals surface area contributed by atoms with Gasteiger partial charge in [0.15, 0.2) is 11.7 Å². The van der Waals surface area contributed by atoms with E-state index >= 15 is 0 Å². The van der Waals surface area contributed by atoms with Crippen LogP contribution in [0.2, 0.25) is 0 Å². The molecule has 1 aliphatic heterocycles.